The number of anilines is 1. The van der Waals surface area contributed by atoms with E-state index in [0.717, 1.165) is 16.9 Å². The Bertz CT molecular complexity index is 709. The number of nitriles is 1. The van der Waals surface area contributed by atoms with Crippen molar-refractivity contribution in [2.75, 3.05) is 5.73 Å². The number of aromatic nitrogens is 1. The van der Waals surface area contributed by atoms with E-state index in [1.54, 1.807) is 6.07 Å². The van der Waals surface area contributed by atoms with Gasteiger partial charge in [-0.05, 0) is 30.0 Å². The van der Waals surface area contributed by atoms with E-state index in [-0.39, 0.29) is 11.3 Å². The molecule has 0 amide bonds. The third kappa shape index (κ3) is 3.32. The van der Waals surface area contributed by atoms with E-state index >= 15 is 0 Å². The second-order valence-electron chi connectivity index (χ2n) is 6.08. The quantitative estimate of drug-likeness (QED) is 0.905. The number of ether oxygens (including phenoxy) is 1. The smallest absolute Gasteiger partial charge is 0.237 e. The molecule has 0 radical (unpaired) electrons. The summed E-state index contributed by atoms with van der Waals surface area (Å²) in [6.45, 7) is 8.35. The van der Waals surface area contributed by atoms with Crippen molar-refractivity contribution in [1.82, 2.24) is 4.98 Å². The molecule has 0 saturated carbocycles. The molecule has 1 aromatic heterocycles. The average Bonchev–Trinajstić information content (AvgIpc) is 2.39. The summed E-state index contributed by atoms with van der Waals surface area (Å²) in [4.78, 5) is 4.13. The highest BCUT2D eigenvalue weighted by Crippen LogP contribution is 2.35. The Labute approximate surface area is 125 Å². The van der Waals surface area contributed by atoms with Gasteiger partial charge in [0.25, 0.3) is 0 Å². The fraction of sp³-hybridized carbons (Fsp3) is 0.294. The van der Waals surface area contributed by atoms with Crippen molar-refractivity contribution in [3.8, 4) is 17.7 Å². The summed E-state index contributed by atoms with van der Waals surface area (Å²) >= 11 is 0. The Kier molecular flexibility index (Phi) is 3.86. The van der Waals surface area contributed by atoms with E-state index in [4.69, 9.17) is 10.5 Å². The average molecular weight is 281 g/mol. The van der Waals surface area contributed by atoms with Crippen LogP contribution in [-0.4, -0.2) is 4.98 Å². The van der Waals surface area contributed by atoms with E-state index in [1.807, 2.05) is 19.1 Å². The molecule has 0 spiro atoms. The first-order chi connectivity index (χ1) is 9.81. The molecule has 0 saturated heterocycles. The van der Waals surface area contributed by atoms with Gasteiger partial charge < -0.3 is 10.5 Å². The van der Waals surface area contributed by atoms with Crippen LogP contribution in [0.5, 0.6) is 11.6 Å². The summed E-state index contributed by atoms with van der Waals surface area (Å²) in [6.07, 6.45) is 1.49. The van der Waals surface area contributed by atoms with Crippen LogP contribution in [0.3, 0.4) is 0 Å². The molecule has 4 heteroatoms. The summed E-state index contributed by atoms with van der Waals surface area (Å²) in [5.74, 6) is 0.999. The zero-order valence-electron chi connectivity index (χ0n) is 12.8. The number of rotatable bonds is 2. The summed E-state index contributed by atoms with van der Waals surface area (Å²) in [7, 11) is 0. The predicted octanol–water partition coefficient (Wildman–Crippen LogP) is 3.93. The monoisotopic (exact) mass is 281 g/mol. The minimum Gasteiger partial charge on any atom is -0.437 e. The number of hydrogen-bond acceptors (Lipinski definition) is 4. The first kappa shape index (κ1) is 14.9. The van der Waals surface area contributed by atoms with Crippen molar-refractivity contribution in [1.29, 1.82) is 5.26 Å². The van der Waals surface area contributed by atoms with Crippen molar-refractivity contribution in [3.05, 3.63) is 47.2 Å². The van der Waals surface area contributed by atoms with Crippen LogP contribution in [0, 0.1) is 18.3 Å². The van der Waals surface area contributed by atoms with Crippen LogP contribution in [-0.2, 0) is 5.41 Å². The largest absolute Gasteiger partial charge is 0.437 e. The SMILES string of the molecule is Cc1ccc(C(C)(C)C)c(Oc2ncc(N)cc2C#N)c1. The van der Waals surface area contributed by atoms with Crippen LogP contribution < -0.4 is 10.5 Å². The zero-order valence-corrected chi connectivity index (χ0v) is 12.8. The standard InChI is InChI=1S/C17H19N3O/c1-11-5-6-14(17(2,3)4)15(7-11)21-16-12(9-18)8-13(19)10-20-16/h5-8,10H,19H2,1-4H3. The summed E-state index contributed by atoms with van der Waals surface area (Å²) < 4.78 is 5.90. The fourth-order valence-electron chi connectivity index (χ4n) is 2.07. The Hall–Kier alpha value is -2.54. The van der Waals surface area contributed by atoms with Gasteiger partial charge in [0.15, 0.2) is 0 Å². The molecule has 2 N–H and O–H groups in total. The van der Waals surface area contributed by atoms with Gasteiger partial charge in [-0.25, -0.2) is 4.98 Å². The molecule has 0 aliphatic rings. The lowest BCUT2D eigenvalue weighted by molar-refractivity contribution is 0.438. The summed E-state index contributed by atoms with van der Waals surface area (Å²) in [6, 6.07) is 9.68. The lowest BCUT2D eigenvalue weighted by Gasteiger charge is -2.23. The molecule has 0 aliphatic heterocycles. The van der Waals surface area contributed by atoms with Crippen LogP contribution in [0.4, 0.5) is 5.69 Å². The Morgan fingerprint density at radius 2 is 1.95 bits per heavy atom. The molecule has 2 rings (SSSR count). The highest BCUT2D eigenvalue weighted by molar-refractivity contribution is 5.51. The van der Waals surface area contributed by atoms with Gasteiger partial charge in [-0.3, -0.25) is 0 Å². The molecule has 108 valence electrons. The zero-order chi connectivity index (χ0) is 15.6. The molecule has 0 unspecified atom stereocenters. The van der Waals surface area contributed by atoms with Crippen molar-refractivity contribution in [2.45, 2.75) is 33.1 Å². The third-order valence-corrected chi connectivity index (χ3v) is 3.14. The second kappa shape index (κ2) is 5.45. The van der Waals surface area contributed by atoms with Crippen LogP contribution in [0.1, 0.15) is 37.5 Å². The number of nitrogens with two attached hydrogens (primary N) is 1. The van der Waals surface area contributed by atoms with Crippen molar-refractivity contribution < 1.29 is 4.74 Å². The van der Waals surface area contributed by atoms with E-state index in [0.29, 0.717) is 11.3 Å². The molecule has 0 fully saturated rings. The highest BCUT2D eigenvalue weighted by atomic mass is 16.5. The Balaban J connectivity index is 2.50. The lowest BCUT2D eigenvalue weighted by Crippen LogP contribution is -2.13. The molecule has 0 aliphatic carbocycles. The van der Waals surface area contributed by atoms with Crippen LogP contribution in [0.2, 0.25) is 0 Å². The topological polar surface area (TPSA) is 71.9 Å². The third-order valence-electron chi connectivity index (χ3n) is 3.14. The predicted molar refractivity (Wildman–Crippen MR) is 83.3 cm³/mol. The number of hydrogen-bond donors (Lipinski definition) is 1. The summed E-state index contributed by atoms with van der Waals surface area (Å²) in [5, 5.41) is 9.18. The van der Waals surface area contributed by atoms with E-state index in [2.05, 4.69) is 37.9 Å². The fourth-order valence-corrected chi connectivity index (χ4v) is 2.07. The first-order valence-corrected chi connectivity index (χ1v) is 6.76. The van der Waals surface area contributed by atoms with Gasteiger partial charge >= 0.3 is 0 Å². The Morgan fingerprint density at radius 3 is 2.57 bits per heavy atom. The van der Waals surface area contributed by atoms with Crippen LogP contribution in [0.25, 0.3) is 0 Å². The second-order valence-corrected chi connectivity index (χ2v) is 6.08. The number of nitrogen functional groups attached to an aromatic ring is 1. The maximum Gasteiger partial charge on any atom is 0.237 e. The van der Waals surface area contributed by atoms with Crippen molar-refractivity contribution >= 4 is 5.69 Å². The molecule has 1 aromatic carbocycles. The number of aryl methyl sites for hydroxylation is 1. The van der Waals surface area contributed by atoms with Gasteiger partial charge in [0, 0.05) is 5.56 Å². The minimum atomic E-state index is -0.0658. The van der Waals surface area contributed by atoms with Crippen molar-refractivity contribution in [3.63, 3.8) is 0 Å². The van der Waals surface area contributed by atoms with Gasteiger partial charge in [0.1, 0.15) is 17.4 Å². The molecule has 4 nitrogen and oxygen atoms in total. The maximum absolute atomic E-state index is 9.18. The molecule has 0 atom stereocenters. The van der Waals surface area contributed by atoms with Gasteiger partial charge in [-0.15, -0.1) is 0 Å². The number of nitrogens with zero attached hydrogens (tertiary/aromatic N) is 2. The molecular weight excluding hydrogens is 262 g/mol. The maximum atomic E-state index is 9.18. The molecule has 21 heavy (non-hydrogen) atoms. The van der Waals surface area contributed by atoms with E-state index in [9.17, 15) is 5.26 Å². The molecular formula is C17H19N3O. The molecule has 0 bridgehead atoms. The Morgan fingerprint density at radius 1 is 1.24 bits per heavy atom. The minimum absolute atomic E-state index is 0.0658. The van der Waals surface area contributed by atoms with E-state index in [1.165, 1.54) is 6.20 Å². The lowest BCUT2D eigenvalue weighted by atomic mass is 9.86. The molecule has 1 heterocycles. The van der Waals surface area contributed by atoms with Crippen LogP contribution in [0.15, 0.2) is 30.5 Å². The van der Waals surface area contributed by atoms with Gasteiger partial charge in [0.2, 0.25) is 5.88 Å². The van der Waals surface area contributed by atoms with Gasteiger partial charge in [0.05, 0.1) is 11.9 Å². The van der Waals surface area contributed by atoms with E-state index < -0.39 is 0 Å². The van der Waals surface area contributed by atoms with Crippen LogP contribution >= 0.6 is 0 Å². The number of benzene rings is 1. The highest BCUT2D eigenvalue weighted by Gasteiger charge is 2.20. The van der Waals surface area contributed by atoms with Gasteiger partial charge in [-0.1, -0.05) is 32.9 Å². The van der Waals surface area contributed by atoms with Crippen molar-refractivity contribution in [2.24, 2.45) is 0 Å². The molecule has 2 aromatic rings. The van der Waals surface area contributed by atoms with Gasteiger partial charge in [-0.2, -0.15) is 5.26 Å². The number of pyridine rings is 1. The first-order valence-electron chi connectivity index (χ1n) is 6.76. The summed E-state index contributed by atoms with van der Waals surface area (Å²) in [5.41, 5.74) is 8.51. The normalized spacial score (nSPS) is 11.0.